The first-order chi connectivity index (χ1) is 13.3. The maximum absolute atomic E-state index is 12.5. The number of carbonyl (C=O) groups is 1. The van der Waals surface area contributed by atoms with E-state index in [0.717, 1.165) is 12.0 Å². The highest BCUT2D eigenvalue weighted by atomic mass is 32.2. The molecule has 0 heterocycles. The van der Waals surface area contributed by atoms with Crippen LogP contribution in [0.5, 0.6) is 11.5 Å². The number of nitrogens with one attached hydrogen (secondary N) is 2. The lowest BCUT2D eigenvalue weighted by Gasteiger charge is -2.11. The van der Waals surface area contributed by atoms with Gasteiger partial charge in [-0.05, 0) is 67.1 Å². The lowest BCUT2D eigenvalue weighted by molar-refractivity contribution is 0.102. The van der Waals surface area contributed by atoms with Gasteiger partial charge in [0.15, 0.2) is 0 Å². The van der Waals surface area contributed by atoms with Crippen molar-refractivity contribution in [3.63, 3.8) is 0 Å². The normalized spacial score (nSPS) is 10.9. The molecule has 1 amide bonds. The third-order valence-corrected chi connectivity index (χ3v) is 4.47. The van der Waals surface area contributed by atoms with E-state index >= 15 is 0 Å². The molecular weight excluding hydrogens is 376 g/mol. The van der Waals surface area contributed by atoms with E-state index in [4.69, 9.17) is 4.74 Å². The van der Waals surface area contributed by atoms with Gasteiger partial charge in [0.2, 0.25) is 10.0 Å². The maximum atomic E-state index is 12.5. The topological polar surface area (TPSA) is 84.5 Å². The van der Waals surface area contributed by atoms with Crippen molar-refractivity contribution in [3.8, 4) is 11.5 Å². The van der Waals surface area contributed by atoms with Crippen LogP contribution in [0.25, 0.3) is 0 Å². The standard InChI is InChI=1S/C21H20N2O4S/c1-15-14-16(8-13-20(15)23-28(2,25)26)21(24)22-17-9-11-19(12-10-17)27-18-6-4-3-5-7-18/h3-14,23H,1-2H3,(H,22,24). The molecule has 6 nitrogen and oxygen atoms in total. The lowest BCUT2D eigenvalue weighted by Crippen LogP contribution is -2.14. The number of amides is 1. The van der Waals surface area contributed by atoms with Gasteiger partial charge in [0.1, 0.15) is 11.5 Å². The molecule has 0 aromatic heterocycles. The third kappa shape index (κ3) is 5.34. The summed E-state index contributed by atoms with van der Waals surface area (Å²) in [5, 5.41) is 2.81. The smallest absolute Gasteiger partial charge is 0.255 e. The zero-order valence-electron chi connectivity index (χ0n) is 15.5. The fraction of sp³-hybridized carbons (Fsp3) is 0.0952. The van der Waals surface area contributed by atoms with Crippen molar-refractivity contribution in [1.82, 2.24) is 0 Å². The monoisotopic (exact) mass is 396 g/mol. The number of hydrogen-bond acceptors (Lipinski definition) is 4. The van der Waals surface area contributed by atoms with Gasteiger partial charge in [0.25, 0.3) is 5.91 Å². The highest BCUT2D eigenvalue weighted by Crippen LogP contribution is 2.23. The van der Waals surface area contributed by atoms with Crippen molar-refractivity contribution < 1.29 is 17.9 Å². The number of rotatable bonds is 6. The number of benzene rings is 3. The lowest BCUT2D eigenvalue weighted by atomic mass is 10.1. The van der Waals surface area contributed by atoms with E-state index in [1.54, 1.807) is 49.4 Å². The second kappa shape index (κ2) is 8.14. The molecule has 144 valence electrons. The maximum Gasteiger partial charge on any atom is 0.255 e. The number of anilines is 2. The highest BCUT2D eigenvalue weighted by Gasteiger charge is 2.10. The number of ether oxygens (including phenoxy) is 1. The van der Waals surface area contributed by atoms with Gasteiger partial charge >= 0.3 is 0 Å². The Labute approximate surface area is 164 Å². The Morgan fingerprint density at radius 2 is 1.54 bits per heavy atom. The first-order valence-electron chi connectivity index (χ1n) is 8.53. The Balaban J connectivity index is 1.66. The molecule has 7 heteroatoms. The number of sulfonamides is 1. The van der Waals surface area contributed by atoms with Gasteiger partial charge in [-0.25, -0.2) is 8.42 Å². The molecule has 0 aliphatic rings. The van der Waals surface area contributed by atoms with Crippen LogP contribution in [0.2, 0.25) is 0 Å². The number of para-hydroxylation sites is 1. The first-order valence-corrected chi connectivity index (χ1v) is 10.4. The molecule has 2 N–H and O–H groups in total. The van der Waals surface area contributed by atoms with E-state index in [0.29, 0.717) is 28.3 Å². The number of aryl methyl sites for hydroxylation is 1. The Bertz CT molecular complexity index is 1080. The molecule has 28 heavy (non-hydrogen) atoms. The average Bonchev–Trinajstić information content (AvgIpc) is 2.65. The van der Waals surface area contributed by atoms with Crippen LogP contribution in [0.4, 0.5) is 11.4 Å². The first kappa shape index (κ1) is 19.4. The molecule has 0 unspecified atom stereocenters. The number of carbonyl (C=O) groups excluding carboxylic acids is 1. The molecule has 0 saturated carbocycles. The summed E-state index contributed by atoms with van der Waals surface area (Å²) in [6, 6.07) is 21.2. The second-order valence-corrected chi connectivity index (χ2v) is 8.05. The Morgan fingerprint density at radius 3 is 2.14 bits per heavy atom. The second-order valence-electron chi connectivity index (χ2n) is 6.30. The molecular formula is C21H20N2O4S. The van der Waals surface area contributed by atoms with E-state index in [2.05, 4.69) is 10.0 Å². The summed E-state index contributed by atoms with van der Waals surface area (Å²) in [5.41, 5.74) is 2.16. The predicted molar refractivity (Wildman–Crippen MR) is 111 cm³/mol. The average molecular weight is 396 g/mol. The summed E-state index contributed by atoms with van der Waals surface area (Å²) in [7, 11) is -3.37. The zero-order chi connectivity index (χ0) is 20.1. The molecule has 0 atom stereocenters. The van der Waals surface area contributed by atoms with Gasteiger partial charge in [-0.3, -0.25) is 9.52 Å². The molecule has 0 bridgehead atoms. The van der Waals surface area contributed by atoms with Crippen LogP contribution >= 0.6 is 0 Å². The minimum absolute atomic E-state index is 0.286. The van der Waals surface area contributed by atoms with Crippen LogP contribution in [0.3, 0.4) is 0 Å². The van der Waals surface area contributed by atoms with Crippen LogP contribution in [0.1, 0.15) is 15.9 Å². The summed E-state index contributed by atoms with van der Waals surface area (Å²) in [5.74, 6) is 1.11. The van der Waals surface area contributed by atoms with Crippen molar-refractivity contribution in [2.24, 2.45) is 0 Å². The van der Waals surface area contributed by atoms with Crippen LogP contribution in [0, 0.1) is 6.92 Å². The summed E-state index contributed by atoms with van der Waals surface area (Å²) < 4.78 is 30.9. The molecule has 0 spiro atoms. The van der Waals surface area contributed by atoms with Crippen molar-refractivity contribution in [2.45, 2.75) is 6.92 Å². The Hall–Kier alpha value is -3.32. The molecule has 0 aliphatic carbocycles. The van der Waals surface area contributed by atoms with Gasteiger partial charge in [0.05, 0.1) is 11.9 Å². The van der Waals surface area contributed by atoms with E-state index < -0.39 is 10.0 Å². The summed E-state index contributed by atoms with van der Waals surface area (Å²) in [4.78, 5) is 12.5. The van der Waals surface area contributed by atoms with Crippen molar-refractivity contribution >= 4 is 27.3 Å². The number of hydrogen-bond donors (Lipinski definition) is 2. The fourth-order valence-corrected chi connectivity index (χ4v) is 3.18. The minimum atomic E-state index is -3.37. The van der Waals surface area contributed by atoms with Crippen LogP contribution in [-0.4, -0.2) is 20.6 Å². The van der Waals surface area contributed by atoms with Crippen LogP contribution in [0.15, 0.2) is 72.8 Å². The molecule has 0 saturated heterocycles. The van der Waals surface area contributed by atoms with Gasteiger partial charge in [0, 0.05) is 11.3 Å². The summed E-state index contributed by atoms with van der Waals surface area (Å²) in [6.07, 6.45) is 1.08. The largest absolute Gasteiger partial charge is 0.457 e. The van der Waals surface area contributed by atoms with Gasteiger partial charge < -0.3 is 10.1 Å². The molecule has 0 radical (unpaired) electrons. The molecule has 0 aliphatic heterocycles. The summed E-state index contributed by atoms with van der Waals surface area (Å²) >= 11 is 0. The van der Waals surface area contributed by atoms with Gasteiger partial charge in [-0.15, -0.1) is 0 Å². The van der Waals surface area contributed by atoms with Gasteiger partial charge in [-0.2, -0.15) is 0 Å². The quantitative estimate of drug-likeness (QED) is 0.646. The van der Waals surface area contributed by atoms with E-state index in [9.17, 15) is 13.2 Å². The minimum Gasteiger partial charge on any atom is -0.457 e. The molecule has 3 aromatic rings. The molecule has 3 aromatic carbocycles. The van der Waals surface area contributed by atoms with E-state index in [-0.39, 0.29) is 5.91 Å². The molecule has 3 rings (SSSR count). The Morgan fingerprint density at radius 1 is 0.893 bits per heavy atom. The Kier molecular flexibility index (Phi) is 5.65. The SMILES string of the molecule is Cc1cc(C(=O)Nc2ccc(Oc3ccccc3)cc2)ccc1NS(C)(=O)=O. The van der Waals surface area contributed by atoms with Crippen LogP contribution < -0.4 is 14.8 Å². The van der Waals surface area contributed by atoms with E-state index in [1.165, 1.54) is 0 Å². The fourth-order valence-electron chi connectivity index (χ4n) is 2.55. The van der Waals surface area contributed by atoms with Crippen molar-refractivity contribution in [3.05, 3.63) is 83.9 Å². The van der Waals surface area contributed by atoms with Gasteiger partial charge in [-0.1, -0.05) is 18.2 Å². The highest BCUT2D eigenvalue weighted by molar-refractivity contribution is 7.92. The predicted octanol–water partition coefficient (Wildman–Crippen LogP) is 4.41. The van der Waals surface area contributed by atoms with Crippen molar-refractivity contribution in [2.75, 3.05) is 16.3 Å². The van der Waals surface area contributed by atoms with Crippen LogP contribution in [-0.2, 0) is 10.0 Å². The zero-order valence-corrected chi connectivity index (χ0v) is 16.3. The molecule has 0 fully saturated rings. The van der Waals surface area contributed by atoms with E-state index in [1.807, 2.05) is 30.3 Å². The van der Waals surface area contributed by atoms with Crippen molar-refractivity contribution in [1.29, 1.82) is 0 Å². The third-order valence-electron chi connectivity index (χ3n) is 3.88. The summed E-state index contributed by atoms with van der Waals surface area (Å²) in [6.45, 7) is 1.74.